The van der Waals surface area contributed by atoms with E-state index >= 15 is 0 Å². The first kappa shape index (κ1) is 14.6. The van der Waals surface area contributed by atoms with Crippen LogP contribution in [-0.2, 0) is 6.54 Å². The number of nitrogens with zero attached hydrogens (tertiary/aromatic N) is 1. The molecule has 0 radical (unpaired) electrons. The highest BCUT2D eigenvalue weighted by atomic mass is 79.9. The Labute approximate surface area is 123 Å². The highest BCUT2D eigenvalue weighted by molar-refractivity contribution is 9.10. The lowest BCUT2D eigenvalue weighted by atomic mass is 10.1. The molecule has 1 N–H and O–H groups in total. The molecule has 0 fully saturated rings. The molecule has 104 valence electrons. The highest BCUT2D eigenvalue weighted by Gasteiger charge is 2.18. The third-order valence-corrected chi connectivity index (χ3v) is 3.23. The molecule has 0 aliphatic heterocycles. The number of benzene rings is 1. The summed E-state index contributed by atoms with van der Waals surface area (Å²) in [5, 5.41) is 2.46. The normalized spacial score (nSPS) is 10.4. The van der Waals surface area contributed by atoms with Crippen LogP contribution in [-0.4, -0.2) is 10.9 Å². The Bertz CT molecular complexity index is 638. The molecule has 0 unspecified atom stereocenters. The van der Waals surface area contributed by atoms with Gasteiger partial charge < -0.3 is 5.32 Å². The van der Waals surface area contributed by atoms with Gasteiger partial charge in [-0.25, -0.2) is 8.78 Å². The molecule has 0 aliphatic rings. The summed E-state index contributed by atoms with van der Waals surface area (Å²) >= 11 is 2.96. The summed E-state index contributed by atoms with van der Waals surface area (Å²) in [6.07, 6.45) is 1.59. The first-order valence-electron chi connectivity index (χ1n) is 5.82. The van der Waals surface area contributed by atoms with Crippen LogP contribution in [0.25, 0.3) is 0 Å². The third-order valence-electron chi connectivity index (χ3n) is 2.77. The maximum Gasteiger partial charge on any atom is 0.257 e. The summed E-state index contributed by atoms with van der Waals surface area (Å²) < 4.78 is 27.5. The van der Waals surface area contributed by atoms with Crippen LogP contribution in [0.5, 0.6) is 0 Å². The molecule has 2 aromatic rings. The second-order valence-electron chi connectivity index (χ2n) is 4.19. The van der Waals surface area contributed by atoms with Crippen molar-refractivity contribution in [3.8, 4) is 0 Å². The first-order valence-corrected chi connectivity index (χ1v) is 6.61. The number of aromatic nitrogens is 1. The number of rotatable bonds is 3. The van der Waals surface area contributed by atoms with Crippen molar-refractivity contribution < 1.29 is 13.6 Å². The first-order chi connectivity index (χ1) is 9.49. The van der Waals surface area contributed by atoms with Gasteiger partial charge in [0.2, 0.25) is 0 Å². The number of hydrogen-bond donors (Lipinski definition) is 1. The quantitative estimate of drug-likeness (QED) is 0.930. The Morgan fingerprint density at radius 3 is 2.60 bits per heavy atom. The minimum Gasteiger partial charge on any atom is -0.346 e. The van der Waals surface area contributed by atoms with Gasteiger partial charge in [-0.15, -0.1) is 0 Å². The van der Waals surface area contributed by atoms with Gasteiger partial charge in [-0.1, -0.05) is 22.0 Å². The molecule has 1 aromatic carbocycles. The molecule has 0 atom stereocenters. The second-order valence-corrected chi connectivity index (χ2v) is 5.11. The number of hydrogen-bond acceptors (Lipinski definition) is 2. The lowest BCUT2D eigenvalue weighted by molar-refractivity contribution is 0.0942. The standard InChI is InChI=1S/C14H11BrF2N2O/c1-8-3-2-4-18-12(8)7-19-14(20)13-10(16)5-9(15)6-11(13)17/h2-6H,7H2,1H3,(H,19,20). The zero-order valence-corrected chi connectivity index (χ0v) is 12.2. The van der Waals surface area contributed by atoms with Crippen molar-refractivity contribution in [1.82, 2.24) is 10.3 Å². The van der Waals surface area contributed by atoms with Gasteiger partial charge in [-0.3, -0.25) is 9.78 Å². The zero-order chi connectivity index (χ0) is 14.7. The highest BCUT2D eigenvalue weighted by Crippen LogP contribution is 2.19. The molecule has 0 saturated heterocycles. The minimum atomic E-state index is -0.910. The number of pyridine rings is 1. The fraction of sp³-hybridized carbons (Fsp3) is 0.143. The SMILES string of the molecule is Cc1cccnc1CNC(=O)c1c(F)cc(Br)cc1F. The molecule has 1 aromatic heterocycles. The summed E-state index contributed by atoms with van der Waals surface area (Å²) in [6, 6.07) is 5.71. The Balaban J connectivity index is 2.16. The fourth-order valence-corrected chi connectivity index (χ4v) is 2.12. The lowest BCUT2D eigenvalue weighted by Gasteiger charge is -2.08. The third kappa shape index (κ3) is 3.19. The number of nitrogens with one attached hydrogen (secondary N) is 1. The average Bonchev–Trinajstić information content (AvgIpc) is 2.36. The van der Waals surface area contributed by atoms with Crippen LogP contribution in [0, 0.1) is 18.6 Å². The Morgan fingerprint density at radius 1 is 1.35 bits per heavy atom. The molecule has 0 saturated carbocycles. The summed E-state index contributed by atoms with van der Waals surface area (Å²) in [5.41, 5.74) is 0.949. The topological polar surface area (TPSA) is 42.0 Å². The number of aryl methyl sites for hydroxylation is 1. The smallest absolute Gasteiger partial charge is 0.257 e. The summed E-state index contributed by atoms with van der Waals surface area (Å²) in [7, 11) is 0. The predicted octanol–water partition coefficient (Wildman–Crippen LogP) is 3.36. The molecule has 2 rings (SSSR count). The molecular formula is C14H11BrF2N2O. The van der Waals surface area contributed by atoms with Crippen LogP contribution in [0.2, 0.25) is 0 Å². The fourth-order valence-electron chi connectivity index (χ4n) is 1.71. The van der Waals surface area contributed by atoms with Crippen molar-refractivity contribution in [2.45, 2.75) is 13.5 Å². The maximum atomic E-state index is 13.6. The summed E-state index contributed by atoms with van der Waals surface area (Å²) in [4.78, 5) is 15.9. The van der Waals surface area contributed by atoms with Gasteiger partial charge in [-0.2, -0.15) is 0 Å². The Hall–Kier alpha value is -1.82. The zero-order valence-electron chi connectivity index (χ0n) is 10.6. The largest absolute Gasteiger partial charge is 0.346 e. The van der Waals surface area contributed by atoms with Crippen molar-refractivity contribution >= 4 is 21.8 Å². The summed E-state index contributed by atoms with van der Waals surface area (Å²) in [6.45, 7) is 1.95. The van der Waals surface area contributed by atoms with Gasteiger partial charge in [-0.05, 0) is 30.7 Å². The average molecular weight is 341 g/mol. The molecule has 0 spiro atoms. The van der Waals surface area contributed by atoms with E-state index in [2.05, 4.69) is 26.2 Å². The van der Waals surface area contributed by atoms with E-state index in [0.29, 0.717) is 5.69 Å². The second kappa shape index (κ2) is 6.09. The number of halogens is 3. The summed E-state index contributed by atoms with van der Waals surface area (Å²) in [5.74, 6) is -2.63. The Kier molecular flexibility index (Phi) is 4.44. The van der Waals surface area contributed by atoms with Crippen LogP contribution in [0.4, 0.5) is 8.78 Å². The lowest BCUT2D eigenvalue weighted by Crippen LogP contribution is -2.25. The van der Waals surface area contributed by atoms with E-state index in [0.717, 1.165) is 17.7 Å². The molecule has 3 nitrogen and oxygen atoms in total. The van der Waals surface area contributed by atoms with E-state index in [1.807, 2.05) is 13.0 Å². The van der Waals surface area contributed by atoms with Gasteiger partial charge in [0.15, 0.2) is 0 Å². The van der Waals surface area contributed by atoms with Crippen LogP contribution >= 0.6 is 15.9 Å². The molecular weight excluding hydrogens is 330 g/mol. The van der Waals surface area contributed by atoms with Gasteiger partial charge in [0.1, 0.15) is 17.2 Å². The van der Waals surface area contributed by atoms with E-state index in [-0.39, 0.29) is 11.0 Å². The Morgan fingerprint density at radius 2 is 2.00 bits per heavy atom. The van der Waals surface area contributed by atoms with Crippen molar-refractivity contribution in [2.24, 2.45) is 0 Å². The molecule has 1 amide bonds. The molecule has 20 heavy (non-hydrogen) atoms. The van der Waals surface area contributed by atoms with E-state index in [9.17, 15) is 13.6 Å². The maximum absolute atomic E-state index is 13.6. The van der Waals surface area contributed by atoms with Crippen LogP contribution in [0.15, 0.2) is 34.9 Å². The van der Waals surface area contributed by atoms with Gasteiger partial charge in [0.05, 0.1) is 12.2 Å². The van der Waals surface area contributed by atoms with Crippen LogP contribution in [0.3, 0.4) is 0 Å². The predicted molar refractivity (Wildman–Crippen MR) is 74.2 cm³/mol. The van der Waals surface area contributed by atoms with E-state index in [1.165, 1.54) is 0 Å². The number of amides is 1. The van der Waals surface area contributed by atoms with Gasteiger partial charge in [0.25, 0.3) is 5.91 Å². The number of carbonyl (C=O) groups excluding carboxylic acids is 1. The van der Waals surface area contributed by atoms with Crippen molar-refractivity contribution in [3.63, 3.8) is 0 Å². The van der Waals surface area contributed by atoms with Crippen molar-refractivity contribution in [2.75, 3.05) is 0 Å². The van der Waals surface area contributed by atoms with E-state index in [4.69, 9.17) is 0 Å². The van der Waals surface area contributed by atoms with Crippen molar-refractivity contribution in [1.29, 1.82) is 0 Å². The van der Waals surface area contributed by atoms with E-state index in [1.54, 1.807) is 12.3 Å². The van der Waals surface area contributed by atoms with E-state index < -0.39 is 23.1 Å². The molecule has 0 bridgehead atoms. The molecule has 1 heterocycles. The van der Waals surface area contributed by atoms with Crippen LogP contribution in [0.1, 0.15) is 21.6 Å². The monoisotopic (exact) mass is 340 g/mol. The molecule has 0 aliphatic carbocycles. The van der Waals surface area contributed by atoms with Gasteiger partial charge >= 0.3 is 0 Å². The molecule has 6 heteroatoms. The minimum absolute atomic E-state index is 0.112. The van der Waals surface area contributed by atoms with Crippen molar-refractivity contribution in [3.05, 3.63) is 63.4 Å². The van der Waals surface area contributed by atoms with Crippen LogP contribution < -0.4 is 5.32 Å². The number of carbonyl (C=O) groups is 1. The van der Waals surface area contributed by atoms with Gasteiger partial charge in [0, 0.05) is 10.7 Å².